The van der Waals surface area contributed by atoms with E-state index >= 15 is 0 Å². The molecule has 0 aliphatic heterocycles. The molecule has 1 aliphatic rings. The van der Waals surface area contributed by atoms with Gasteiger partial charge in [-0.1, -0.05) is 0 Å². The third kappa shape index (κ3) is 2.04. The molecule has 1 fully saturated rings. The van der Waals surface area contributed by atoms with Crippen LogP contribution in [0.15, 0.2) is 16.6 Å². The predicted molar refractivity (Wildman–Crippen MR) is 56.8 cm³/mol. The van der Waals surface area contributed by atoms with E-state index in [9.17, 15) is 8.78 Å². The lowest BCUT2D eigenvalue weighted by molar-refractivity contribution is 0.438. The van der Waals surface area contributed by atoms with Gasteiger partial charge in [0.15, 0.2) is 0 Å². The first-order valence-electron chi connectivity index (χ1n) is 4.74. The van der Waals surface area contributed by atoms with Crippen LogP contribution in [0.4, 0.5) is 8.78 Å². The SMILES string of the molecule is NNC(c1c(F)ccc(Br)c1F)C1CC1. The maximum absolute atomic E-state index is 13.7. The molecule has 0 amide bonds. The smallest absolute Gasteiger partial charge is 0.145 e. The van der Waals surface area contributed by atoms with Crippen LogP contribution >= 0.6 is 15.9 Å². The lowest BCUT2D eigenvalue weighted by atomic mass is 10.0. The first kappa shape index (κ1) is 11.0. The van der Waals surface area contributed by atoms with Gasteiger partial charge in [0.25, 0.3) is 0 Å². The summed E-state index contributed by atoms with van der Waals surface area (Å²) in [5.74, 6) is 4.46. The molecule has 0 aromatic heterocycles. The van der Waals surface area contributed by atoms with Crippen molar-refractivity contribution in [1.82, 2.24) is 5.43 Å². The normalized spacial score (nSPS) is 17.9. The van der Waals surface area contributed by atoms with Crippen molar-refractivity contribution in [3.05, 3.63) is 33.8 Å². The zero-order valence-corrected chi connectivity index (χ0v) is 9.52. The Morgan fingerprint density at radius 2 is 2.07 bits per heavy atom. The van der Waals surface area contributed by atoms with E-state index in [2.05, 4.69) is 21.4 Å². The first-order valence-corrected chi connectivity index (χ1v) is 5.54. The Morgan fingerprint density at radius 3 is 2.60 bits per heavy atom. The van der Waals surface area contributed by atoms with Crippen LogP contribution in [-0.2, 0) is 0 Å². The van der Waals surface area contributed by atoms with Gasteiger partial charge in [-0.2, -0.15) is 0 Å². The summed E-state index contributed by atoms with van der Waals surface area (Å²) in [5.41, 5.74) is 2.52. The first-order chi connectivity index (χ1) is 7.15. The molecule has 1 aromatic rings. The highest BCUT2D eigenvalue weighted by molar-refractivity contribution is 9.10. The van der Waals surface area contributed by atoms with Crippen LogP contribution in [-0.4, -0.2) is 0 Å². The molecule has 82 valence electrons. The molecule has 2 nitrogen and oxygen atoms in total. The molecule has 0 radical (unpaired) electrons. The molecular weight excluding hydrogens is 266 g/mol. The Morgan fingerprint density at radius 1 is 1.40 bits per heavy atom. The van der Waals surface area contributed by atoms with Crippen LogP contribution in [0.3, 0.4) is 0 Å². The Balaban J connectivity index is 2.44. The zero-order chi connectivity index (χ0) is 11.0. The molecule has 0 heterocycles. The summed E-state index contributed by atoms with van der Waals surface area (Å²) in [6.07, 6.45) is 1.92. The lowest BCUT2D eigenvalue weighted by Crippen LogP contribution is -2.31. The standard InChI is InChI=1S/C10H11BrF2N2/c11-6-3-4-7(12)8(9(6)13)10(15-14)5-1-2-5/h3-5,10,15H,1-2,14H2. The van der Waals surface area contributed by atoms with Crippen LogP contribution in [0.1, 0.15) is 24.4 Å². The minimum atomic E-state index is -0.565. The van der Waals surface area contributed by atoms with Gasteiger partial charge in [0.1, 0.15) is 11.6 Å². The molecule has 2 rings (SSSR count). The van der Waals surface area contributed by atoms with Crippen LogP contribution in [0, 0.1) is 17.6 Å². The molecule has 0 saturated heterocycles. The summed E-state index contributed by atoms with van der Waals surface area (Å²) in [4.78, 5) is 0. The summed E-state index contributed by atoms with van der Waals surface area (Å²) in [6.45, 7) is 0. The van der Waals surface area contributed by atoms with Gasteiger partial charge >= 0.3 is 0 Å². The second-order valence-electron chi connectivity index (χ2n) is 3.74. The second kappa shape index (κ2) is 4.15. The van der Waals surface area contributed by atoms with Crippen molar-refractivity contribution in [1.29, 1.82) is 0 Å². The Kier molecular flexibility index (Phi) is 3.04. The fourth-order valence-corrected chi connectivity index (χ4v) is 2.06. The number of halogens is 3. The largest absolute Gasteiger partial charge is 0.271 e. The minimum Gasteiger partial charge on any atom is -0.271 e. The number of nitrogens with one attached hydrogen (secondary N) is 1. The van der Waals surface area contributed by atoms with E-state index in [4.69, 9.17) is 5.84 Å². The second-order valence-corrected chi connectivity index (χ2v) is 4.59. The average Bonchev–Trinajstić information content (AvgIpc) is 3.02. The molecule has 1 aliphatic carbocycles. The van der Waals surface area contributed by atoms with Crippen molar-refractivity contribution < 1.29 is 8.78 Å². The number of hydrazine groups is 1. The summed E-state index contributed by atoms with van der Waals surface area (Å²) in [6, 6.07) is 2.17. The maximum atomic E-state index is 13.7. The minimum absolute atomic E-state index is 0.0365. The molecule has 0 bridgehead atoms. The fraction of sp³-hybridized carbons (Fsp3) is 0.400. The number of hydrogen-bond acceptors (Lipinski definition) is 2. The van der Waals surface area contributed by atoms with E-state index in [1.54, 1.807) is 0 Å². The highest BCUT2D eigenvalue weighted by Gasteiger charge is 2.35. The van der Waals surface area contributed by atoms with Crippen LogP contribution in [0.2, 0.25) is 0 Å². The number of nitrogens with two attached hydrogens (primary N) is 1. The number of rotatable bonds is 3. The molecule has 1 unspecified atom stereocenters. The highest BCUT2D eigenvalue weighted by Crippen LogP contribution is 2.42. The summed E-state index contributed by atoms with van der Waals surface area (Å²) in [5, 5.41) is 0. The monoisotopic (exact) mass is 276 g/mol. The summed E-state index contributed by atoms with van der Waals surface area (Å²) < 4.78 is 27.5. The molecule has 0 spiro atoms. The Hall–Kier alpha value is -0.520. The molecule has 15 heavy (non-hydrogen) atoms. The average molecular weight is 277 g/mol. The van der Waals surface area contributed by atoms with Gasteiger partial charge in [-0.3, -0.25) is 11.3 Å². The van der Waals surface area contributed by atoms with Gasteiger partial charge < -0.3 is 0 Å². The third-order valence-corrected chi connectivity index (χ3v) is 3.28. The van der Waals surface area contributed by atoms with E-state index in [1.165, 1.54) is 12.1 Å². The van der Waals surface area contributed by atoms with Crippen molar-refractivity contribution in [3.8, 4) is 0 Å². The van der Waals surface area contributed by atoms with Crippen molar-refractivity contribution in [2.24, 2.45) is 11.8 Å². The Labute approximate surface area is 94.9 Å². The van der Waals surface area contributed by atoms with Crippen LogP contribution in [0.25, 0.3) is 0 Å². The predicted octanol–water partition coefficient (Wildman–Crippen LogP) is 2.64. The van der Waals surface area contributed by atoms with Gasteiger partial charge in [-0.15, -0.1) is 0 Å². The molecular formula is C10H11BrF2N2. The molecule has 1 atom stereocenters. The van der Waals surface area contributed by atoms with Gasteiger partial charge in [0, 0.05) is 5.56 Å². The van der Waals surface area contributed by atoms with Gasteiger partial charge in [-0.25, -0.2) is 8.78 Å². The Bertz CT molecular complexity index is 380. The summed E-state index contributed by atoms with van der Waals surface area (Å²) >= 11 is 3.04. The van der Waals surface area contributed by atoms with Crippen molar-refractivity contribution >= 4 is 15.9 Å². The fourth-order valence-electron chi connectivity index (χ4n) is 1.71. The molecule has 1 aromatic carbocycles. The number of benzene rings is 1. The topological polar surface area (TPSA) is 38.0 Å². The van der Waals surface area contributed by atoms with Gasteiger partial charge in [0.2, 0.25) is 0 Å². The van der Waals surface area contributed by atoms with Gasteiger partial charge in [-0.05, 0) is 46.8 Å². The van der Waals surface area contributed by atoms with E-state index in [0.717, 1.165) is 12.8 Å². The van der Waals surface area contributed by atoms with E-state index in [1.807, 2.05) is 0 Å². The lowest BCUT2D eigenvalue weighted by Gasteiger charge is -2.17. The van der Waals surface area contributed by atoms with E-state index in [-0.39, 0.29) is 16.0 Å². The van der Waals surface area contributed by atoms with Crippen LogP contribution < -0.4 is 11.3 Å². The van der Waals surface area contributed by atoms with Gasteiger partial charge in [0.05, 0.1) is 10.5 Å². The quantitative estimate of drug-likeness (QED) is 0.506. The number of hydrogen-bond donors (Lipinski definition) is 2. The van der Waals surface area contributed by atoms with Crippen LogP contribution in [0.5, 0.6) is 0 Å². The molecule has 5 heteroatoms. The van der Waals surface area contributed by atoms with Crippen molar-refractivity contribution in [3.63, 3.8) is 0 Å². The highest BCUT2D eigenvalue weighted by atomic mass is 79.9. The molecule has 1 saturated carbocycles. The summed E-state index contributed by atoms with van der Waals surface area (Å²) in [7, 11) is 0. The maximum Gasteiger partial charge on any atom is 0.145 e. The molecule has 3 N–H and O–H groups in total. The van der Waals surface area contributed by atoms with E-state index in [0.29, 0.717) is 0 Å². The van der Waals surface area contributed by atoms with E-state index < -0.39 is 17.7 Å². The third-order valence-electron chi connectivity index (χ3n) is 2.66. The van der Waals surface area contributed by atoms with Crippen molar-refractivity contribution in [2.75, 3.05) is 0 Å². The zero-order valence-electron chi connectivity index (χ0n) is 7.93. The van der Waals surface area contributed by atoms with Crippen molar-refractivity contribution in [2.45, 2.75) is 18.9 Å².